The molecule has 1 aliphatic carbocycles. The fraction of sp³-hybridized carbons (Fsp3) is 0.355. The smallest absolute Gasteiger partial charge is 0.281 e. The number of hydrogen-bond acceptors (Lipinski definition) is 4. The number of aromatic nitrogens is 1. The van der Waals surface area contributed by atoms with Crippen LogP contribution in [0.4, 0.5) is 18.9 Å². The molecule has 11 heteroatoms. The number of pyridine rings is 1. The SMILES string of the molecule is O=C(N[C@H]1CC[C@H](CN2C(=O)C3(CN(C(=O)c4ccccc4F)C3)c3ccccc32)CC1)c1cc(Cl)cnc1C(F)F. The molecule has 1 N–H and O–H groups in total. The largest absolute Gasteiger partial charge is 0.349 e. The monoisotopic (exact) mass is 596 g/mol. The summed E-state index contributed by atoms with van der Waals surface area (Å²) in [4.78, 5) is 46.5. The van der Waals surface area contributed by atoms with Crippen LogP contribution in [0.3, 0.4) is 0 Å². The third kappa shape index (κ3) is 4.91. The lowest BCUT2D eigenvalue weighted by molar-refractivity contribution is -0.128. The van der Waals surface area contributed by atoms with Gasteiger partial charge in [0.2, 0.25) is 5.91 Å². The van der Waals surface area contributed by atoms with Crippen LogP contribution in [0.5, 0.6) is 0 Å². The van der Waals surface area contributed by atoms with E-state index in [0.717, 1.165) is 30.3 Å². The highest BCUT2D eigenvalue weighted by Gasteiger charge is 2.59. The van der Waals surface area contributed by atoms with Crippen molar-refractivity contribution in [1.29, 1.82) is 0 Å². The molecule has 0 bridgehead atoms. The van der Waals surface area contributed by atoms with Crippen molar-refractivity contribution >= 4 is 35.0 Å². The molecule has 2 fully saturated rings. The maximum atomic E-state index is 14.2. The van der Waals surface area contributed by atoms with Gasteiger partial charge in [0, 0.05) is 37.6 Å². The molecule has 42 heavy (non-hydrogen) atoms. The Labute approximate surface area is 245 Å². The summed E-state index contributed by atoms with van der Waals surface area (Å²) < 4.78 is 41.0. The van der Waals surface area contributed by atoms with Crippen LogP contribution in [0.1, 0.15) is 64.1 Å². The molecular formula is C31H28ClF3N4O3. The number of benzene rings is 2. The number of likely N-dealkylation sites (tertiary alicyclic amines) is 1. The Morgan fingerprint density at radius 1 is 1.02 bits per heavy atom. The van der Waals surface area contributed by atoms with Crippen molar-refractivity contribution in [3.63, 3.8) is 0 Å². The first-order chi connectivity index (χ1) is 20.2. The molecule has 3 amide bonds. The Morgan fingerprint density at radius 2 is 1.71 bits per heavy atom. The van der Waals surface area contributed by atoms with Gasteiger partial charge in [-0.3, -0.25) is 19.4 Å². The lowest BCUT2D eigenvalue weighted by Crippen LogP contribution is -2.65. The molecule has 1 saturated carbocycles. The van der Waals surface area contributed by atoms with E-state index in [4.69, 9.17) is 11.6 Å². The van der Waals surface area contributed by atoms with E-state index < -0.39 is 35.2 Å². The minimum absolute atomic E-state index is 0.0103. The van der Waals surface area contributed by atoms with E-state index in [1.54, 1.807) is 11.0 Å². The van der Waals surface area contributed by atoms with Gasteiger partial charge >= 0.3 is 0 Å². The number of carbonyl (C=O) groups excluding carboxylic acids is 3. The standard InChI is InChI=1S/C31H28ClF3N4O3/c32-19-13-22(26(27(34)35)36-14-19)28(40)37-20-11-9-18(10-12-20)15-39-25-8-4-2-6-23(25)31(30(39)42)16-38(17-31)29(41)21-5-1-3-7-24(21)33/h1-8,13-14,18,20,27H,9-12,15-17H2,(H,37,40)/t18-,20-. The van der Waals surface area contributed by atoms with Crippen LogP contribution >= 0.6 is 11.6 Å². The Balaban J connectivity index is 1.09. The molecule has 0 unspecified atom stereocenters. The van der Waals surface area contributed by atoms with E-state index in [0.29, 0.717) is 19.4 Å². The number of rotatable bonds is 6. The molecule has 2 aliphatic heterocycles. The first kappa shape index (κ1) is 28.2. The molecule has 0 radical (unpaired) electrons. The highest BCUT2D eigenvalue weighted by Crippen LogP contribution is 2.48. The number of nitrogens with one attached hydrogen (secondary N) is 1. The average molecular weight is 597 g/mol. The first-order valence-electron chi connectivity index (χ1n) is 13.9. The van der Waals surface area contributed by atoms with Gasteiger partial charge in [-0.1, -0.05) is 41.9 Å². The topological polar surface area (TPSA) is 82.6 Å². The van der Waals surface area contributed by atoms with Crippen LogP contribution in [0.15, 0.2) is 60.8 Å². The lowest BCUT2D eigenvalue weighted by Gasteiger charge is -2.47. The van der Waals surface area contributed by atoms with Crippen molar-refractivity contribution in [2.75, 3.05) is 24.5 Å². The second kappa shape index (κ2) is 11.1. The highest BCUT2D eigenvalue weighted by molar-refractivity contribution is 6.30. The summed E-state index contributed by atoms with van der Waals surface area (Å²) in [6.07, 6.45) is 0.926. The zero-order chi connectivity index (χ0) is 29.6. The molecule has 3 heterocycles. The van der Waals surface area contributed by atoms with Crippen molar-refractivity contribution in [2.45, 2.75) is 43.6 Å². The molecule has 1 saturated heterocycles. The van der Waals surface area contributed by atoms with Crippen LogP contribution < -0.4 is 10.2 Å². The molecule has 3 aliphatic rings. The number of hydrogen-bond donors (Lipinski definition) is 1. The van der Waals surface area contributed by atoms with Crippen molar-refractivity contribution in [1.82, 2.24) is 15.2 Å². The summed E-state index contributed by atoms with van der Waals surface area (Å²) in [6.45, 7) is 0.863. The van der Waals surface area contributed by atoms with Crippen LogP contribution in [-0.2, 0) is 10.2 Å². The summed E-state index contributed by atoms with van der Waals surface area (Å²) in [5.41, 5.74) is 0.00478. The molecule has 1 spiro atoms. The molecular weight excluding hydrogens is 569 g/mol. The highest BCUT2D eigenvalue weighted by atomic mass is 35.5. The predicted octanol–water partition coefficient (Wildman–Crippen LogP) is 5.54. The number of halogens is 4. The van der Waals surface area contributed by atoms with Crippen molar-refractivity contribution in [3.05, 3.63) is 94.0 Å². The number of alkyl halides is 2. The normalized spacial score (nSPS) is 20.9. The van der Waals surface area contributed by atoms with Crippen LogP contribution in [0.25, 0.3) is 0 Å². The molecule has 3 aromatic rings. The Hall–Kier alpha value is -3.92. The van der Waals surface area contributed by atoms with E-state index in [2.05, 4.69) is 10.3 Å². The van der Waals surface area contributed by atoms with Crippen molar-refractivity contribution in [2.24, 2.45) is 5.92 Å². The molecule has 218 valence electrons. The minimum atomic E-state index is -2.90. The minimum Gasteiger partial charge on any atom is -0.349 e. The van der Waals surface area contributed by atoms with E-state index in [9.17, 15) is 27.6 Å². The Kier molecular flexibility index (Phi) is 7.43. The lowest BCUT2D eigenvalue weighted by atomic mass is 9.74. The molecule has 6 rings (SSSR count). The van der Waals surface area contributed by atoms with Gasteiger partial charge < -0.3 is 15.1 Å². The van der Waals surface area contributed by atoms with Crippen LogP contribution in [-0.4, -0.2) is 53.3 Å². The van der Waals surface area contributed by atoms with E-state index >= 15 is 0 Å². The molecule has 2 aromatic carbocycles. The summed E-state index contributed by atoms with van der Waals surface area (Å²) in [7, 11) is 0. The third-order valence-corrected chi connectivity index (χ3v) is 8.84. The van der Waals surface area contributed by atoms with Gasteiger partial charge in [0.1, 0.15) is 16.9 Å². The molecule has 7 nitrogen and oxygen atoms in total. The summed E-state index contributed by atoms with van der Waals surface area (Å²) in [5, 5.41) is 2.95. The number of anilines is 1. The second-order valence-electron chi connectivity index (χ2n) is 11.2. The fourth-order valence-corrected chi connectivity index (χ4v) is 6.61. The number of para-hydroxylation sites is 1. The maximum absolute atomic E-state index is 14.2. The first-order valence-corrected chi connectivity index (χ1v) is 14.3. The predicted molar refractivity (Wildman–Crippen MR) is 150 cm³/mol. The van der Waals surface area contributed by atoms with Gasteiger partial charge in [-0.25, -0.2) is 13.2 Å². The number of nitrogens with zero attached hydrogens (tertiary/aromatic N) is 3. The zero-order valence-electron chi connectivity index (χ0n) is 22.5. The summed E-state index contributed by atoms with van der Waals surface area (Å²) in [6, 6.07) is 14.4. The van der Waals surface area contributed by atoms with E-state index in [-0.39, 0.29) is 47.1 Å². The van der Waals surface area contributed by atoms with Gasteiger partial charge in [0.25, 0.3) is 18.2 Å². The third-order valence-electron chi connectivity index (χ3n) is 8.64. The fourth-order valence-electron chi connectivity index (χ4n) is 6.45. The Bertz CT molecular complexity index is 1550. The average Bonchev–Trinajstić information content (AvgIpc) is 3.20. The maximum Gasteiger partial charge on any atom is 0.281 e. The Morgan fingerprint density at radius 3 is 2.43 bits per heavy atom. The van der Waals surface area contributed by atoms with Crippen molar-refractivity contribution in [3.8, 4) is 0 Å². The van der Waals surface area contributed by atoms with Gasteiger partial charge in [-0.2, -0.15) is 0 Å². The number of carbonyl (C=O) groups is 3. The van der Waals surface area contributed by atoms with Gasteiger partial charge in [0.05, 0.1) is 16.1 Å². The second-order valence-corrected chi connectivity index (χ2v) is 11.7. The van der Waals surface area contributed by atoms with E-state index in [1.165, 1.54) is 29.2 Å². The number of fused-ring (bicyclic) bond motifs is 2. The molecule has 1 aromatic heterocycles. The van der Waals surface area contributed by atoms with Gasteiger partial charge in [-0.15, -0.1) is 0 Å². The van der Waals surface area contributed by atoms with Gasteiger partial charge in [0.15, 0.2) is 0 Å². The van der Waals surface area contributed by atoms with E-state index in [1.807, 2.05) is 24.3 Å². The van der Waals surface area contributed by atoms with Crippen LogP contribution in [0.2, 0.25) is 5.02 Å². The van der Waals surface area contributed by atoms with Crippen LogP contribution in [0, 0.1) is 11.7 Å². The zero-order valence-corrected chi connectivity index (χ0v) is 23.3. The summed E-state index contributed by atoms with van der Waals surface area (Å²) in [5.74, 6) is -1.55. The van der Waals surface area contributed by atoms with Crippen molar-refractivity contribution < 1.29 is 27.6 Å². The van der Waals surface area contributed by atoms with Gasteiger partial charge in [-0.05, 0) is 61.4 Å². The number of amides is 3. The quantitative estimate of drug-likeness (QED) is 0.405. The molecule has 0 atom stereocenters. The summed E-state index contributed by atoms with van der Waals surface area (Å²) >= 11 is 5.89.